The van der Waals surface area contributed by atoms with Crippen LogP contribution in [0.15, 0.2) is 12.1 Å². The molecule has 20 heavy (non-hydrogen) atoms. The van der Waals surface area contributed by atoms with E-state index in [2.05, 4.69) is 5.73 Å². The van der Waals surface area contributed by atoms with Gasteiger partial charge in [0.05, 0.1) is 10.5 Å². The molecule has 1 rings (SSSR count). The summed E-state index contributed by atoms with van der Waals surface area (Å²) in [7, 11) is 0. The van der Waals surface area contributed by atoms with Crippen molar-refractivity contribution >= 4 is 11.6 Å². The molecule has 2 N–H and O–H groups in total. The molecule has 110 valence electrons. The van der Waals surface area contributed by atoms with Crippen molar-refractivity contribution in [3.63, 3.8) is 0 Å². The number of primary amides is 1. The molecule has 11 heteroatoms. The first-order valence-corrected chi connectivity index (χ1v) is 4.62. The zero-order valence-electron chi connectivity index (χ0n) is 9.17. The van der Waals surface area contributed by atoms with Crippen molar-refractivity contribution < 1.29 is 36.1 Å². The second-order valence-electron chi connectivity index (χ2n) is 3.53. The molecular weight excluding hydrogens is 298 g/mol. The highest BCUT2D eigenvalue weighted by Crippen LogP contribution is 2.45. The quantitative estimate of drug-likeness (QED) is 0.517. The molecular formula is C9H4F6N2O3. The van der Waals surface area contributed by atoms with Gasteiger partial charge in [-0.05, 0) is 6.07 Å². The molecule has 0 radical (unpaired) electrons. The molecule has 0 aromatic heterocycles. The first kappa shape index (κ1) is 15.7. The number of alkyl halides is 6. The molecule has 0 aliphatic carbocycles. The number of halogens is 6. The monoisotopic (exact) mass is 302 g/mol. The molecule has 1 aromatic rings. The summed E-state index contributed by atoms with van der Waals surface area (Å²) in [5.41, 5.74) is -3.10. The van der Waals surface area contributed by atoms with E-state index in [1.165, 1.54) is 0 Å². The van der Waals surface area contributed by atoms with Crippen LogP contribution in [0, 0.1) is 10.1 Å². The Morgan fingerprint density at radius 2 is 1.60 bits per heavy atom. The second-order valence-corrected chi connectivity index (χ2v) is 3.53. The minimum Gasteiger partial charge on any atom is -0.366 e. The first-order valence-electron chi connectivity index (χ1n) is 4.62. The number of hydrogen-bond acceptors (Lipinski definition) is 3. The van der Waals surface area contributed by atoms with E-state index < -0.39 is 45.6 Å². The number of rotatable bonds is 2. The predicted molar refractivity (Wildman–Crippen MR) is 51.6 cm³/mol. The van der Waals surface area contributed by atoms with Gasteiger partial charge in [0.15, 0.2) is 0 Å². The minimum absolute atomic E-state index is 0.0559. The van der Waals surface area contributed by atoms with Gasteiger partial charge in [-0.15, -0.1) is 0 Å². The van der Waals surface area contributed by atoms with E-state index in [-0.39, 0.29) is 12.1 Å². The summed E-state index contributed by atoms with van der Waals surface area (Å²) in [4.78, 5) is 19.6. The van der Waals surface area contributed by atoms with Gasteiger partial charge in [0, 0.05) is 11.6 Å². The van der Waals surface area contributed by atoms with Crippen molar-refractivity contribution in [1.29, 1.82) is 0 Å². The summed E-state index contributed by atoms with van der Waals surface area (Å²) < 4.78 is 75.6. The third-order valence-corrected chi connectivity index (χ3v) is 2.19. The molecule has 0 heterocycles. The molecule has 0 fully saturated rings. The molecule has 0 aliphatic heterocycles. The molecule has 5 nitrogen and oxygen atoms in total. The number of carbonyl (C=O) groups is 1. The maximum atomic E-state index is 12.6. The zero-order valence-corrected chi connectivity index (χ0v) is 9.17. The van der Waals surface area contributed by atoms with Gasteiger partial charge in [-0.25, -0.2) is 0 Å². The molecule has 1 amide bonds. The zero-order chi connectivity index (χ0) is 15.9. The number of hydrogen-bond donors (Lipinski definition) is 1. The van der Waals surface area contributed by atoms with E-state index in [9.17, 15) is 41.3 Å². The Kier molecular flexibility index (Phi) is 3.66. The standard InChI is InChI=1S/C9H4F6N2O3/c10-8(11,12)4-1-3(7(16)18)2-5(17(19)20)6(4)9(13,14)15/h1-2H,(H2,16,18). The highest BCUT2D eigenvalue weighted by molar-refractivity contribution is 5.94. The number of amides is 1. The van der Waals surface area contributed by atoms with E-state index in [1.807, 2.05) is 0 Å². The minimum atomic E-state index is -5.62. The molecule has 0 saturated heterocycles. The van der Waals surface area contributed by atoms with Gasteiger partial charge < -0.3 is 5.73 Å². The van der Waals surface area contributed by atoms with Crippen molar-refractivity contribution in [3.8, 4) is 0 Å². The average molecular weight is 302 g/mol. The lowest BCUT2D eigenvalue weighted by atomic mass is 10.00. The lowest BCUT2D eigenvalue weighted by molar-refractivity contribution is -0.388. The molecule has 0 spiro atoms. The van der Waals surface area contributed by atoms with E-state index in [0.717, 1.165) is 0 Å². The van der Waals surface area contributed by atoms with Crippen LogP contribution in [0.2, 0.25) is 0 Å². The first-order chi connectivity index (χ1) is 8.85. The van der Waals surface area contributed by atoms with E-state index in [1.54, 1.807) is 0 Å². The normalized spacial score (nSPS) is 12.3. The Balaban J connectivity index is 3.87. The number of carbonyl (C=O) groups excluding carboxylic acids is 1. The molecule has 1 aromatic carbocycles. The topological polar surface area (TPSA) is 86.2 Å². The SMILES string of the molecule is NC(=O)c1cc([N+](=O)[O-])c(C(F)(F)F)c(C(F)(F)F)c1. The fraction of sp³-hybridized carbons (Fsp3) is 0.222. The summed E-state index contributed by atoms with van der Waals surface area (Å²) in [5.74, 6) is -1.52. The van der Waals surface area contributed by atoms with Crippen LogP contribution in [-0.4, -0.2) is 10.8 Å². The highest BCUT2D eigenvalue weighted by Gasteiger charge is 2.48. The van der Waals surface area contributed by atoms with Gasteiger partial charge in [-0.2, -0.15) is 26.3 Å². The summed E-state index contributed by atoms with van der Waals surface area (Å²) in [6.07, 6.45) is -11.2. The summed E-state index contributed by atoms with van der Waals surface area (Å²) in [5, 5.41) is 10.5. The lowest BCUT2D eigenvalue weighted by Crippen LogP contribution is -2.21. The maximum absolute atomic E-state index is 12.6. The van der Waals surface area contributed by atoms with Crippen molar-refractivity contribution in [2.24, 2.45) is 5.73 Å². The van der Waals surface area contributed by atoms with Gasteiger partial charge in [0.2, 0.25) is 5.91 Å². The van der Waals surface area contributed by atoms with Gasteiger partial charge in [0.25, 0.3) is 5.69 Å². The highest BCUT2D eigenvalue weighted by atomic mass is 19.4. The average Bonchev–Trinajstić information content (AvgIpc) is 2.24. The summed E-state index contributed by atoms with van der Waals surface area (Å²) in [6, 6.07) is -0.113. The van der Waals surface area contributed by atoms with E-state index in [4.69, 9.17) is 0 Å². The van der Waals surface area contributed by atoms with Crippen molar-refractivity contribution in [1.82, 2.24) is 0 Å². The number of nitro benzene ring substituents is 1. The van der Waals surface area contributed by atoms with E-state index in [0.29, 0.717) is 0 Å². The predicted octanol–water partition coefficient (Wildman–Crippen LogP) is 2.73. The fourth-order valence-corrected chi connectivity index (χ4v) is 1.43. The van der Waals surface area contributed by atoms with E-state index >= 15 is 0 Å². The van der Waals surface area contributed by atoms with Gasteiger partial charge in [-0.3, -0.25) is 14.9 Å². The van der Waals surface area contributed by atoms with Gasteiger partial charge in [0.1, 0.15) is 5.56 Å². The fourth-order valence-electron chi connectivity index (χ4n) is 1.43. The van der Waals surface area contributed by atoms with Crippen molar-refractivity contribution in [2.45, 2.75) is 12.4 Å². The van der Waals surface area contributed by atoms with Crippen LogP contribution in [-0.2, 0) is 12.4 Å². The van der Waals surface area contributed by atoms with Crippen LogP contribution >= 0.6 is 0 Å². The van der Waals surface area contributed by atoms with Crippen LogP contribution in [0.1, 0.15) is 21.5 Å². The Morgan fingerprint density at radius 3 is 1.90 bits per heavy atom. The van der Waals surface area contributed by atoms with Crippen LogP contribution in [0.4, 0.5) is 32.0 Å². The Hall–Kier alpha value is -2.33. The molecule has 0 atom stereocenters. The molecule has 0 aliphatic rings. The maximum Gasteiger partial charge on any atom is 0.423 e. The third kappa shape index (κ3) is 2.97. The molecule has 0 saturated carbocycles. The number of benzene rings is 1. The smallest absolute Gasteiger partial charge is 0.366 e. The summed E-state index contributed by atoms with van der Waals surface area (Å²) in [6.45, 7) is 0. The van der Waals surface area contributed by atoms with Crippen LogP contribution < -0.4 is 5.73 Å². The van der Waals surface area contributed by atoms with Crippen molar-refractivity contribution in [2.75, 3.05) is 0 Å². The Morgan fingerprint density at radius 1 is 1.10 bits per heavy atom. The van der Waals surface area contributed by atoms with Crippen LogP contribution in [0.25, 0.3) is 0 Å². The number of nitrogens with zero attached hydrogens (tertiary/aromatic N) is 1. The van der Waals surface area contributed by atoms with Crippen LogP contribution in [0.5, 0.6) is 0 Å². The van der Waals surface area contributed by atoms with Gasteiger partial charge >= 0.3 is 12.4 Å². The second kappa shape index (κ2) is 4.65. The Labute approximate surface area is 106 Å². The largest absolute Gasteiger partial charge is 0.423 e. The number of nitro groups is 1. The third-order valence-electron chi connectivity index (χ3n) is 2.19. The molecule has 0 bridgehead atoms. The lowest BCUT2D eigenvalue weighted by Gasteiger charge is -2.16. The summed E-state index contributed by atoms with van der Waals surface area (Å²) >= 11 is 0. The van der Waals surface area contributed by atoms with Gasteiger partial charge in [-0.1, -0.05) is 0 Å². The Bertz CT molecular complexity index is 578. The number of nitrogens with two attached hydrogens (primary N) is 1. The van der Waals surface area contributed by atoms with Crippen LogP contribution in [0.3, 0.4) is 0 Å². The van der Waals surface area contributed by atoms with Crippen molar-refractivity contribution in [3.05, 3.63) is 38.9 Å². The molecule has 0 unspecified atom stereocenters.